The second-order valence-corrected chi connectivity index (χ2v) is 9.90. The molecule has 3 N–H and O–H groups in total. The SMILES string of the molecule is CC1=C2B(O)O[C@H](c3ccc(CO)o3)C[C@H]2[C@H]2C(=O)N(c3ccc(Nc4ccccc4)cc3)C(=O)[C@H]2C1. The molecule has 2 aliphatic heterocycles. The third kappa shape index (κ3) is 4.09. The van der Waals surface area contributed by atoms with Gasteiger partial charge < -0.3 is 24.5 Å². The molecule has 1 aromatic heterocycles. The number of benzene rings is 2. The number of furan rings is 1. The highest BCUT2D eigenvalue weighted by Crippen LogP contribution is 2.52. The minimum absolute atomic E-state index is 0.213. The summed E-state index contributed by atoms with van der Waals surface area (Å²) in [5, 5.41) is 23.6. The van der Waals surface area contributed by atoms with Crippen molar-refractivity contribution in [3.05, 3.63) is 89.3 Å². The number of anilines is 3. The highest BCUT2D eigenvalue weighted by molar-refractivity contribution is 6.53. The second kappa shape index (κ2) is 9.34. The maximum Gasteiger partial charge on any atom is 0.487 e. The van der Waals surface area contributed by atoms with Crippen LogP contribution in [-0.4, -0.2) is 29.1 Å². The summed E-state index contributed by atoms with van der Waals surface area (Å²) in [5.74, 6) is -1.00. The first kappa shape index (κ1) is 23.7. The van der Waals surface area contributed by atoms with Gasteiger partial charge in [0.2, 0.25) is 11.8 Å². The minimum Gasteiger partial charge on any atom is -0.461 e. The van der Waals surface area contributed by atoms with E-state index in [1.807, 2.05) is 49.4 Å². The zero-order chi connectivity index (χ0) is 25.7. The zero-order valence-electron chi connectivity index (χ0n) is 20.3. The summed E-state index contributed by atoms with van der Waals surface area (Å²) in [7, 11) is -1.19. The lowest BCUT2D eigenvalue weighted by molar-refractivity contribution is -0.123. The first-order chi connectivity index (χ1) is 17.9. The van der Waals surface area contributed by atoms with Gasteiger partial charge in [0, 0.05) is 11.4 Å². The van der Waals surface area contributed by atoms with Gasteiger partial charge in [-0.05, 0) is 79.7 Å². The van der Waals surface area contributed by atoms with Gasteiger partial charge in [-0.3, -0.25) is 14.5 Å². The third-order valence-electron chi connectivity index (χ3n) is 7.70. The van der Waals surface area contributed by atoms with Crippen molar-refractivity contribution in [2.75, 3.05) is 10.2 Å². The van der Waals surface area contributed by atoms with E-state index in [4.69, 9.17) is 9.07 Å². The summed E-state index contributed by atoms with van der Waals surface area (Å²) >= 11 is 0. The Labute approximate surface area is 214 Å². The van der Waals surface area contributed by atoms with Crippen LogP contribution in [0.3, 0.4) is 0 Å². The summed E-state index contributed by atoms with van der Waals surface area (Å²) in [6.45, 7) is 1.65. The Morgan fingerprint density at radius 1 is 0.973 bits per heavy atom. The van der Waals surface area contributed by atoms with Gasteiger partial charge in [-0.25, -0.2) is 0 Å². The Balaban J connectivity index is 1.27. The largest absolute Gasteiger partial charge is 0.487 e. The lowest BCUT2D eigenvalue weighted by atomic mass is 9.55. The van der Waals surface area contributed by atoms with E-state index >= 15 is 0 Å². The van der Waals surface area contributed by atoms with Crippen molar-refractivity contribution in [2.24, 2.45) is 17.8 Å². The number of imide groups is 1. The van der Waals surface area contributed by atoms with Crippen LogP contribution in [0.1, 0.15) is 37.4 Å². The Kier molecular flexibility index (Phi) is 5.99. The van der Waals surface area contributed by atoms with Gasteiger partial charge in [-0.1, -0.05) is 23.8 Å². The first-order valence-corrected chi connectivity index (χ1v) is 12.5. The number of fused-ring (bicyclic) bond motifs is 3. The van der Waals surface area contributed by atoms with Crippen LogP contribution in [0.15, 0.2) is 82.2 Å². The van der Waals surface area contributed by atoms with Gasteiger partial charge in [-0.2, -0.15) is 0 Å². The van der Waals surface area contributed by atoms with Crippen molar-refractivity contribution in [3.8, 4) is 0 Å². The lowest BCUT2D eigenvalue weighted by Gasteiger charge is -2.40. The van der Waals surface area contributed by atoms with Crippen LogP contribution in [-0.2, 0) is 20.9 Å². The average molecular weight is 498 g/mol. The molecule has 0 spiro atoms. The van der Waals surface area contributed by atoms with E-state index in [9.17, 15) is 19.7 Å². The van der Waals surface area contributed by atoms with E-state index in [0.717, 1.165) is 16.9 Å². The van der Waals surface area contributed by atoms with Crippen molar-refractivity contribution in [2.45, 2.75) is 32.5 Å². The van der Waals surface area contributed by atoms with Crippen LogP contribution < -0.4 is 10.2 Å². The van der Waals surface area contributed by atoms with Crippen molar-refractivity contribution in [1.29, 1.82) is 0 Å². The number of aliphatic hydroxyl groups is 1. The zero-order valence-corrected chi connectivity index (χ0v) is 20.3. The molecule has 2 aromatic carbocycles. The summed E-state index contributed by atoms with van der Waals surface area (Å²) in [4.78, 5) is 28.6. The van der Waals surface area contributed by atoms with Crippen molar-refractivity contribution < 1.29 is 28.8 Å². The fraction of sp³-hybridized carbons (Fsp3) is 0.286. The van der Waals surface area contributed by atoms with Gasteiger partial charge in [0.1, 0.15) is 24.2 Å². The van der Waals surface area contributed by atoms with Crippen molar-refractivity contribution in [3.63, 3.8) is 0 Å². The summed E-state index contributed by atoms with van der Waals surface area (Å²) in [6, 6.07) is 20.4. The van der Waals surface area contributed by atoms with E-state index in [1.165, 1.54) is 4.90 Å². The fourth-order valence-corrected chi connectivity index (χ4v) is 6.03. The normalized spacial score (nSPS) is 25.4. The number of para-hydroxylation sites is 1. The average Bonchev–Trinajstić information content (AvgIpc) is 3.48. The summed E-state index contributed by atoms with van der Waals surface area (Å²) < 4.78 is 11.5. The molecule has 0 unspecified atom stereocenters. The van der Waals surface area contributed by atoms with Crippen LogP contribution >= 0.6 is 0 Å². The molecule has 3 heterocycles. The predicted molar refractivity (Wildman–Crippen MR) is 137 cm³/mol. The molecule has 0 saturated carbocycles. The number of carbonyl (C=O) groups is 2. The predicted octanol–water partition coefficient (Wildman–Crippen LogP) is 4.14. The van der Waals surface area contributed by atoms with E-state index < -0.39 is 25.1 Å². The standard InChI is InChI=1S/C28H27BN2O6/c1-16-13-22-25(21-14-24(37-29(35)26(16)21)23-12-11-20(15-32)36-23)28(34)31(27(22)33)19-9-7-18(8-10-19)30-17-5-3-2-4-6-17/h2-12,21-22,24-25,30,32,35H,13-15H2,1H3/t21-,22-,24-,25+/m0/s1. The highest BCUT2D eigenvalue weighted by atomic mass is 16.5. The van der Waals surface area contributed by atoms with E-state index in [1.54, 1.807) is 24.3 Å². The summed E-state index contributed by atoms with van der Waals surface area (Å²) in [6.07, 6.45) is 0.220. The Morgan fingerprint density at radius 2 is 1.70 bits per heavy atom. The Hall–Kier alpha value is -3.66. The quantitative estimate of drug-likeness (QED) is 0.358. The minimum atomic E-state index is -1.19. The lowest BCUT2D eigenvalue weighted by Crippen LogP contribution is -2.44. The molecule has 37 heavy (non-hydrogen) atoms. The fourth-order valence-electron chi connectivity index (χ4n) is 6.03. The van der Waals surface area contributed by atoms with Crippen LogP contribution in [0.2, 0.25) is 0 Å². The Bertz CT molecular complexity index is 1370. The van der Waals surface area contributed by atoms with Crippen LogP contribution in [0.5, 0.6) is 0 Å². The van der Waals surface area contributed by atoms with E-state index in [-0.39, 0.29) is 24.3 Å². The molecule has 2 amide bonds. The molecule has 0 radical (unpaired) electrons. The molecule has 0 bridgehead atoms. The third-order valence-corrected chi connectivity index (χ3v) is 7.70. The number of nitrogens with one attached hydrogen (secondary N) is 1. The van der Waals surface area contributed by atoms with Gasteiger partial charge in [0.25, 0.3) is 0 Å². The van der Waals surface area contributed by atoms with Crippen LogP contribution in [0, 0.1) is 17.8 Å². The topological polar surface area (TPSA) is 112 Å². The Morgan fingerprint density at radius 3 is 2.41 bits per heavy atom. The number of allylic oxidation sites excluding steroid dienone is 2. The van der Waals surface area contributed by atoms with Gasteiger partial charge >= 0.3 is 7.12 Å². The van der Waals surface area contributed by atoms with Crippen molar-refractivity contribution >= 4 is 36.0 Å². The molecule has 3 aliphatic rings. The number of aliphatic hydroxyl groups excluding tert-OH is 1. The molecule has 3 aromatic rings. The van der Waals surface area contributed by atoms with E-state index in [0.29, 0.717) is 35.5 Å². The molecule has 2 saturated heterocycles. The number of nitrogens with zero attached hydrogens (tertiary/aromatic N) is 1. The molecule has 8 nitrogen and oxygen atoms in total. The van der Waals surface area contributed by atoms with Crippen molar-refractivity contribution in [1.82, 2.24) is 0 Å². The van der Waals surface area contributed by atoms with Gasteiger partial charge in [0.15, 0.2) is 0 Å². The highest BCUT2D eigenvalue weighted by Gasteiger charge is 2.57. The van der Waals surface area contributed by atoms with Gasteiger partial charge in [0.05, 0.1) is 17.5 Å². The molecule has 2 fully saturated rings. The van der Waals surface area contributed by atoms with E-state index in [2.05, 4.69) is 5.32 Å². The molecule has 9 heteroatoms. The summed E-state index contributed by atoms with van der Waals surface area (Å²) in [5.41, 5.74) is 3.90. The number of carbonyl (C=O) groups excluding carboxylic acids is 2. The maximum absolute atomic E-state index is 13.8. The molecule has 4 atom stereocenters. The first-order valence-electron chi connectivity index (χ1n) is 12.5. The number of rotatable bonds is 5. The molecule has 6 rings (SSSR count). The number of hydrogen-bond acceptors (Lipinski definition) is 7. The molecule has 1 aliphatic carbocycles. The monoisotopic (exact) mass is 498 g/mol. The van der Waals surface area contributed by atoms with Gasteiger partial charge in [-0.15, -0.1) is 0 Å². The second-order valence-electron chi connectivity index (χ2n) is 9.90. The molecule has 188 valence electrons. The smallest absolute Gasteiger partial charge is 0.461 e. The maximum atomic E-state index is 13.8. The van der Waals surface area contributed by atoms with Crippen LogP contribution in [0.4, 0.5) is 17.1 Å². The number of amides is 2. The van der Waals surface area contributed by atoms with Crippen LogP contribution in [0.25, 0.3) is 0 Å². The molecular weight excluding hydrogens is 471 g/mol. The molecular formula is C28H27BN2O6. The number of hydrogen-bond donors (Lipinski definition) is 3.